The Morgan fingerprint density at radius 1 is 1.27 bits per heavy atom. The minimum Gasteiger partial charge on any atom is -0.506 e. The number of benzene rings is 1. The summed E-state index contributed by atoms with van der Waals surface area (Å²) in [4.78, 5) is 11.4. The summed E-state index contributed by atoms with van der Waals surface area (Å²) < 4.78 is 66.6. The van der Waals surface area contributed by atoms with Crippen LogP contribution in [0.15, 0.2) is 27.4 Å². The van der Waals surface area contributed by atoms with Gasteiger partial charge in [0.25, 0.3) is 0 Å². The Kier molecular flexibility index (Phi) is 3.50. The summed E-state index contributed by atoms with van der Waals surface area (Å²) in [5.41, 5.74) is -7.74. The second-order valence-corrected chi connectivity index (χ2v) is 5.44. The van der Waals surface area contributed by atoms with Gasteiger partial charge in [0.15, 0.2) is 0 Å². The molecule has 0 aliphatic carbocycles. The van der Waals surface area contributed by atoms with Gasteiger partial charge in [0, 0.05) is 17.5 Å². The first-order chi connectivity index (χ1) is 10.0. The number of phenolic OH excluding ortho intramolecular Hbond substituents is 1. The van der Waals surface area contributed by atoms with Crippen molar-refractivity contribution < 1.29 is 35.3 Å². The van der Waals surface area contributed by atoms with Crippen molar-refractivity contribution in [2.45, 2.75) is 5.51 Å². The molecule has 0 saturated heterocycles. The molecule has 0 aliphatic heterocycles. The number of rotatable bonds is 2. The SMILES string of the molecule is N#Cc1cc2cc(OS(=O)(=O)C(F)(F)F)c(=O)oc2cc1O. The molecule has 2 aromatic rings. The maximum atomic E-state index is 12.2. The van der Waals surface area contributed by atoms with Crippen molar-refractivity contribution in [2.24, 2.45) is 0 Å². The summed E-state index contributed by atoms with van der Waals surface area (Å²) in [5, 5.41) is 18.0. The zero-order valence-corrected chi connectivity index (χ0v) is 11.0. The molecule has 7 nitrogen and oxygen atoms in total. The van der Waals surface area contributed by atoms with Gasteiger partial charge in [-0.1, -0.05) is 0 Å². The van der Waals surface area contributed by atoms with E-state index < -0.39 is 32.8 Å². The molecule has 0 atom stereocenters. The monoisotopic (exact) mass is 335 g/mol. The third-order valence-electron chi connectivity index (χ3n) is 2.42. The number of alkyl halides is 3. The van der Waals surface area contributed by atoms with Crippen LogP contribution >= 0.6 is 0 Å². The van der Waals surface area contributed by atoms with E-state index in [0.717, 1.165) is 12.1 Å². The Balaban J connectivity index is 2.62. The zero-order chi connectivity index (χ0) is 16.7. The molecule has 116 valence electrons. The lowest BCUT2D eigenvalue weighted by Crippen LogP contribution is -2.29. The van der Waals surface area contributed by atoms with Crippen LogP contribution in [0, 0.1) is 11.3 Å². The van der Waals surface area contributed by atoms with Crippen LogP contribution in [0.2, 0.25) is 0 Å². The Hall–Kier alpha value is -2.74. The highest BCUT2D eigenvalue weighted by Gasteiger charge is 2.49. The fraction of sp³-hybridized carbons (Fsp3) is 0.0909. The van der Waals surface area contributed by atoms with Crippen molar-refractivity contribution >= 4 is 21.1 Å². The minimum absolute atomic E-state index is 0.110. The molecular formula is C11H4F3NO6S. The summed E-state index contributed by atoms with van der Waals surface area (Å²) in [5.74, 6) is -1.74. The van der Waals surface area contributed by atoms with E-state index in [2.05, 4.69) is 8.60 Å². The van der Waals surface area contributed by atoms with Crippen LogP contribution in [0.3, 0.4) is 0 Å². The molecule has 0 radical (unpaired) electrons. The maximum Gasteiger partial charge on any atom is 0.534 e. The van der Waals surface area contributed by atoms with Crippen LogP contribution in [-0.2, 0) is 10.1 Å². The molecule has 22 heavy (non-hydrogen) atoms. The second kappa shape index (κ2) is 4.92. The van der Waals surface area contributed by atoms with Crippen molar-refractivity contribution in [2.75, 3.05) is 0 Å². The van der Waals surface area contributed by atoms with Gasteiger partial charge in [-0.05, 0) is 6.07 Å². The summed E-state index contributed by atoms with van der Waals surface area (Å²) in [7, 11) is -6.04. The molecule has 0 saturated carbocycles. The van der Waals surface area contributed by atoms with E-state index in [-0.39, 0.29) is 16.5 Å². The van der Waals surface area contributed by atoms with Crippen LogP contribution in [0.5, 0.6) is 11.5 Å². The van der Waals surface area contributed by atoms with Crippen molar-refractivity contribution in [3.05, 3.63) is 34.2 Å². The van der Waals surface area contributed by atoms with E-state index in [0.29, 0.717) is 6.07 Å². The van der Waals surface area contributed by atoms with Gasteiger partial charge >= 0.3 is 21.3 Å². The van der Waals surface area contributed by atoms with Gasteiger partial charge in [-0.2, -0.15) is 26.9 Å². The molecule has 2 rings (SSSR count). The fourth-order valence-corrected chi connectivity index (χ4v) is 1.90. The molecule has 1 heterocycles. The van der Waals surface area contributed by atoms with Crippen molar-refractivity contribution in [3.63, 3.8) is 0 Å². The molecule has 0 aliphatic rings. The molecular weight excluding hydrogens is 331 g/mol. The van der Waals surface area contributed by atoms with E-state index in [1.54, 1.807) is 6.07 Å². The van der Waals surface area contributed by atoms with Gasteiger partial charge in [-0.25, -0.2) is 4.79 Å². The van der Waals surface area contributed by atoms with Crippen LogP contribution in [0.25, 0.3) is 11.0 Å². The van der Waals surface area contributed by atoms with Gasteiger partial charge in [0.2, 0.25) is 5.75 Å². The molecule has 0 bridgehead atoms. The van der Waals surface area contributed by atoms with Crippen molar-refractivity contribution in [1.29, 1.82) is 5.26 Å². The third kappa shape index (κ3) is 2.68. The molecule has 1 aromatic carbocycles. The number of aromatic hydroxyl groups is 1. The van der Waals surface area contributed by atoms with Gasteiger partial charge in [0.1, 0.15) is 17.4 Å². The quantitative estimate of drug-likeness (QED) is 0.503. The average Bonchev–Trinajstić information content (AvgIpc) is 2.38. The lowest BCUT2D eigenvalue weighted by molar-refractivity contribution is -0.0500. The van der Waals surface area contributed by atoms with Crippen LogP contribution in [0.1, 0.15) is 5.56 Å². The predicted molar refractivity (Wildman–Crippen MR) is 64.5 cm³/mol. The number of nitrogens with zero attached hydrogens (tertiary/aromatic N) is 1. The molecule has 1 aromatic heterocycles. The standard InChI is InChI=1S/C11H4F3NO6S/c12-11(13,14)22(18,19)21-9-2-5-1-6(4-15)7(16)3-8(5)20-10(9)17/h1-3,16H. The number of halogens is 3. The molecule has 0 unspecified atom stereocenters. The number of hydrogen-bond acceptors (Lipinski definition) is 7. The van der Waals surface area contributed by atoms with Gasteiger partial charge in [-0.15, -0.1) is 0 Å². The first-order valence-corrected chi connectivity index (χ1v) is 6.68. The largest absolute Gasteiger partial charge is 0.534 e. The average molecular weight is 335 g/mol. The Labute approximate surface area is 119 Å². The summed E-state index contributed by atoms with van der Waals surface area (Å²) in [6.45, 7) is 0. The predicted octanol–water partition coefficient (Wildman–Crippen LogP) is 1.60. The van der Waals surface area contributed by atoms with E-state index in [9.17, 15) is 31.5 Å². The van der Waals surface area contributed by atoms with Crippen molar-refractivity contribution in [3.8, 4) is 17.6 Å². The number of nitriles is 1. The van der Waals surface area contributed by atoms with E-state index in [4.69, 9.17) is 5.26 Å². The summed E-state index contributed by atoms with van der Waals surface area (Å²) in [6, 6.07) is 4.12. The molecule has 1 N–H and O–H groups in total. The van der Waals surface area contributed by atoms with E-state index in [1.165, 1.54) is 0 Å². The third-order valence-corrected chi connectivity index (χ3v) is 3.39. The lowest BCUT2D eigenvalue weighted by Gasteiger charge is -2.09. The summed E-state index contributed by atoms with van der Waals surface area (Å²) >= 11 is 0. The second-order valence-electron chi connectivity index (χ2n) is 3.90. The number of fused-ring (bicyclic) bond motifs is 1. The van der Waals surface area contributed by atoms with Crippen molar-refractivity contribution in [1.82, 2.24) is 0 Å². The molecule has 0 fully saturated rings. The van der Waals surface area contributed by atoms with Crippen LogP contribution < -0.4 is 9.81 Å². The van der Waals surface area contributed by atoms with Gasteiger partial charge in [-0.3, -0.25) is 0 Å². The Bertz CT molecular complexity index is 955. The van der Waals surface area contributed by atoms with Gasteiger partial charge in [0.05, 0.1) is 5.56 Å². The van der Waals surface area contributed by atoms with E-state index >= 15 is 0 Å². The number of hydrogen-bond donors (Lipinski definition) is 1. The highest BCUT2D eigenvalue weighted by molar-refractivity contribution is 7.87. The minimum atomic E-state index is -6.04. The van der Waals surface area contributed by atoms with Gasteiger partial charge < -0.3 is 13.7 Å². The topological polar surface area (TPSA) is 118 Å². The normalized spacial score (nSPS) is 12.1. The van der Waals surface area contributed by atoms with Crippen LogP contribution in [-0.4, -0.2) is 19.0 Å². The van der Waals surface area contributed by atoms with Crippen LogP contribution in [0.4, 0.5) is 13.2 Å². The van der Waals surface area contributed by atoms with E-state index in [1.807, 2.05) is 0 Å². The first kappa shape index (κ1) is 15.6. The Morgan fingerprint density at radius 3 is 2.45 bits per heavy atom. The molecule has 11 heteroatoms. The maximum absolute atomic E-state index is 12.2. The lowest BCUT2D eigenvalue weighted by atomic mass is 10.1. The molecule has 0 spiro atoms. The Morgan fingerprint density at radius 2 is 1.91 bits per heavy atom. The molecule has 0 amide bonds. The highest BCUT2D eigenvalue weighted by Crippen LogP contribution is 2.29. The number of phenols is 1. The zero-order valence-electron chi connectivity index (χ0n) is 10.2. The fourth-order valence-electron chi connectivity index (χ4n) is 1.45. The smallest absolute Gasteiger partial charge is 0.506 e. The highest BCUT2D eigenvalue weighted by atomic mass is 32.2. The summed E-state index contributed by atoms with van der Waals surface area (Å²) in [6.07, 6.45) is 0. The first-order valence-electron chi connectivity index (χ1n) is 5.27.